The summed E-state index contributed by atoms with van der Waals surface area (Å²) < 4.78 is 45.8. The van der Waals surface area contributed by atoms with Crippen molar-refractivity contribution in [2.75, 3.05) is 6.54 Å². The van der Waals surface area contributed by atoms with Gasteiger partial charge in [0.15, 0.2) is 11.6 Å². The van der Waals surface area contributed by atoms with E-state index in [1.54, 1.807) is 32.0 Å². The van der Waals surface area contributed by atoms with E-state index in [0.717, 1.165) is 9.95 Å². The fourth-order valence-electron chi connectivity index (χ4n) is 3.40. The largest absolute Gasteiger partial charge is 0.451 e. The predicted molar refractivity (Wildman–Crippen MR) is 90.4 cm³/mol. The highest BCUT2D eigenvalue weighted by molar-refractivity contribution is 6.31. The molecule has 1 amide bonds. The molecule has 1 aliphatic heterocycles. The van der Waals surface area contributed by atoms with Crippen LogP contribution in [0.15, 0.2) is 22.6 Å². The number of carbonyl (C=O) groups excluding carboxylic acids is 1. The third-order valence-electron chi connectivity index (χ3n) is 4.79. The Morgan fingerprint density at radius 2 is 2.04 bits per heavy atom. The van der Waals surface area contributed by atoms with Crippen molar-refractivity contribution in [3.8, 4) is 0 Å². The lowest BCUT2D eigenvalue weighted by atomic mass is 10.1. The molecule has 0 saturated carbocycles. The van der Waals surface area contributed by atoms with Crippen LogP contribution in [0.4, 0.5) is 13.2 Å². The summed E-state index contributed by atoms with van der Waals surface area (Å²) in [6, 6.07) is 4.36. The number of aryl methyl sites for hydroxylation is 1. The predicted octanol–water partition coefficient (Wildman–Crippen LogP) is 4.22. The van der Waals surface area contributed by atoms with Crippen LogP contribution in [0.2, 0.25) is 5.02 Å². The maximum Gasteiger partial charge on any atom is 0.451 e. The van der Waals surface area contributed by atoms with E-state index in [4.69, 9.17) is 16.0 Å². The lowest BCUT2D eigenvalue weighted by Crippen LogP contribution is -2.42. The van der Waals surface area contributed by atoms with Crippen LogP contribution in [0.5, 0.6) is 0 Å². The van der Waals surface area contributed by atoms with Gasteiger partial charge in [0.1, 0.15) is 5.58 Å². The highest BCUT2D eigenvalue weighted by atomic mass is 35.5. The summed E-state index contributed by atoms with van der Waals surface area (Å²) in [5.41, 5.74) is 1.15. The normalized spacial score (nSPS) is 17.4. The van der Waals surface area contributed by atoms with Gasteiger partial charge in [0.05, 0.1) is 6.04 Å². The monoisotopic (exact) mass is 398 g/mol. The Balaban J connectivity index is 1.70. The van der Waals surface area contributed by atoms with E-state index in [9.17, 15) is 18.0 Å². The molecule has 1 unspecified atom stereocenters. The van der Waals surface area contributed by atoms with Crippen molar-refractivity contribution in [1.29, 1.82) is 0 Å². The van der Waals surface area contributed by atoms with Gasteiger partial charge >= 0.3 is 6.18 Å². The third kappa shape index (κ3) is 2.77. The number of amides is 1. The highest BCUT2D eigenvalue weighted by Crippen LogP contribution is 2.35. The number of hydrogen-bond donors (Lipinski definition) is 0. The van der Waals surface area contributed by atoms with Crippen LogP contribution in [-0.2, 0) is 12.7 Å². The minimum Gasteiger partial charge on any atom is -0.451 e. The van der Waals surface area contributed by atoms with E-state index >= 15 is 0 Å². The van der Waals surface area contributed by atoms with E-state index in [1.807, 2.05) is 0 Å². The molecular weight excluding hydrogens is 385 g/mol. The first-order valence-corrected chi connectivity index (χ1v) is 8.56. The minimum atomic E-state index is -4.59. The molecule has 0 N–H and O–H groups in total. The SMILES string of the molecule is Cc1c(C(=O)N2CCn3c(nnc3C(F)(F)F)C2C)oc2ccc(Cl)cc12. The Morgan fingerprint density at radius 3 is 2.74 bits per heavy atom. The summed E-state index contributed by atoms with van der Waals surface area (Å²) in [6.45, 7) is 3.41. The van der Waals surface area contributed by atoms with Crippen molar-refractivity contribution in [2.45, 2.75) is 32.6 Å². The molecule has 1 aromatic carbocycles. The second-order valence-corrected chi connectivity index (χ2v) is 6.84. The summed E-state index contributed by atoms with van der Waals surface area (Å²) >= 11 is 6.00. The number of nitrogens with zero attached hydrogens (tertiary/aromatic N) is 4. The first-order valence-electron chi connectivity index (χ1n) is 8.18. The summed E-state index contributed by atoms with van der Waals surface area (Å²) in [4.78, 5) is 14.5. The van der Waals surface area contributed by atoms with Gasteiger partial charge in [0.2, 0.25) is 5.82 Å². The number of rotatable bonds is 1. The lowest BCUT2D eigenvalue weighted by molar-refractivity contribution is -0.148. The molecule has 0 spiro atoms. The molecule has 27 heavy (non-hydrogen) atoms. The summed E-state index contributed by atoms with van der Waals surface area (Å²) in [7, 11) is 0. The van der Waals surface area contributed by atoms with Crippen molar-refractivity contribution < 1.29 is 22.4 Å². The van der Waals surface area contributed by atoms with Gasteiger partial charge in [-0.1, -0.05) is 11.6 Å². The number of alkyl halides is 3. The third-order valence-corrected chi connectivity index (χ3v) is 5.03. The maximum atomic E-state index is 13.0. The fourth-order valence-corrected chi connectivity index (χ4v) is 3.57. The van der Waals surface area contributed by atoms with E-state index in [1.165, 1.54) is 4.90 Å². The molecule has 1 aliphatic rings. The average molecular weight is 399 g/mol. The molecule has 4 rings (SSSR count). The number of furan rings is 1. The van der Waals surface area contributed by atoms with Gasteiger partial charge in [-0.25, -0.2) is 0 Å². The zero-order valence-corrected chi connectivity index (χ0v) is 15.1. The van der Waals surface area contributed by atoms with Crippen molar-refractivity contribution in [2.24, 2.45) is 0 Å². The van der Waals surface area contributed by atoms with Crippen LogP contribution in [0.3, 0.4) is 0 Å². The molecule has 0 saturated heterocycles. The van der Waals surface area contributed by atoms with Gasteiger partial charge in [-0.15, -0.1) is 10.2 Å². The number of benzene rings is 1. The van der Waals surface area contributed by atoms with Crippen LogP contribution in [-0.4, -0.2) is 32.1 Å². The second-order valence-electron chi connectivity index (χ2n) is 6.40. The van der Waals surface area contributed by atoms with Crippen LogP contribution < -0.4 is 0 Å². The molecular formula is C17H14ClF3N4O2. The summed E-state index contributed by atoms with van der Waals surface area (Å²) in [5.74, 6) is -1.22. The molecule has 0 aliphatic carbocycles. The molecule has 3 heterocycles. The molecule has 0 fully saturated rings. The summed E-state index contributed by atoms with van der Waals surface area (Å²) in [6.07, 6.45) is -4.59. The Hall–Kier alpha value is -2.55. The maximum absolute atomic E-state index is 13.0. The molecule has 142 valence electrons. The zero-order chi connectivity index (χ0) is 19.5. The summed E-state index contributed by atoms with van der Waals surface area (Å²) in [5, 5.41) is 8.16. The van der Waals surface area contributed by atoms with Gasteiger partial charge < -0.3 is 13.9 Å². The van der Waals surface area contributed by atoms with Gasteiger partial charge in [-0.3, -0.25) is 4.79 Å². The number of hydrogen-bond acceptors (Lipinski definition) is 4. The van der Waals surface area contributed by atoms with Crippen LogP contribution >= 0.6 is 11.6 Å². The lowest BCUT2D eigenvalue weighted by Gasteiger charge is -2.33. The molecule has 6 nitrogen and oxygen atoms in total. The van der Waals surface area contributed by atoms with Gasteiger partial charge in [-0.2, -0.15) is 13.2 Å². The van der Waals surface area contributed by atoms with Crippen molar-refractivity contribution in [3.63, 3.8) is 0 Å². The number of carbonyl (C=O) groups is 1. The Morgan fingerprint density at radius 1 is 1.30 bits per heavy atom. The Kier molecular flexibility index (Phi) is 3.95. The van der Waals surface area contributed by atoms with Crippen LogP contribution in [0, 0.1) is 6.92 Å². The van der Waals surface area contributed by atoms with Gasteiger partial charge in [0.25, 0.3) is 5.91 Å². The molecule has 0 radical (unpaired) electrons. The minimum absolute atomic E-state index is 0.0433. The average Bonchev–Trinajstić information content (AvgIpc) is 3.17. The van der Waals surface area contributed by atoms with Gasteiger partial charge in [0, 0.05) is 29.1 Å². The first-order chi connectivity index (χ1) is 12.7. The molecule has 10 heteroatoms. The molecule has 3 aromatic rings. The molecule has 2 aromatic heterocycles. The highest BCUT2D eigenvalue weighted by Gasteiger charge is 2.42. The fraction of sp³-hybridized carbons (Fsp3) is 0.353. The van der Waals surface area contributed by atoms with Crippen molar-refractivity contribution in [3.05, 3.63) is 46.2 Å². The van der Waals surface area contributed by atoms with E-state index in [0.29, 0.717) is 16.2 Å². The Labute approximate surface area is 156 Å². The Bertz CT molecular complexity index is 1060. The van der Waals surface area contributed by atoms with Crippen molar-refractivity contribution in [1.82, 2.24) is 19.7 Å². The quantitative estimate of drug-likeness (QED) is 0.615. The molecule has 0 bridgehead atoms. The molecule has 1 atom stereocenters. The second kappa shape index (κ2) is 5.98. The zero-order valence-electron chi connectivity index (χ0n) is 14.3. The standard InChI is InChI=1S/C17H14ClF3N4O2/c1-8-11-7-10(18)3-4-12(11)27-13(8)15(26)24-5-6-25-14(9(24)2)22-23-16(25)17(19,20)21/h3-4,7,9H,5-6H2,1-2H3. The van der Waals surface area contributed by atoms with Gasteiger partial charge in [-0.05, 0) is 32.0 Å². The van der Waals surface area contributed by atoms with E-state index in [-0.39, 0.29) is 24.7 Å². The number of halogens is 4. The van der Waals surface area contributed by atoms with Crippen LogP contribution in [0.25, 0.3) is 11.0 Å². The van der Waals surface area contributed by atoms with E-state index in [2.05, 4.69) is 10.2 Å². The topological polar surface area (TPSA) is 64.2 Å². The van der Waals surface area contributed by atoms with Crippen molar-refractivity contribution >= 4 is 28.5 Å². The number of fused-ring (bicyclic) bond motifs is 2. The first kappa shape index (κ1) is 17.8. The smallest absolute Gasteiger partial charge is 0.451 e. The number of aromatic nitrogens is 3. The van der Waals surface area contributed by atoms with Crippen LogP contribution in [0.1, 0.15) is 40.7 Å². The van der Waals surface area contributed by atoms with E-state index < -0.39 is 23.9 Å².